The summed E-state index contributed by atoms with van der Waals surface area (Å²) in [5, 5.41) is 5.69. The second-order valence-electron chi connectivity index (χ2n) is 6.46. The highest BCUT2D eigenvalue weighted by Gasteiger charge is 2.18. The van der Waals surface area contributed by atoms with Gasteiger partial charge in [-0.25, -0.2) is 0 Å². The number of carbonyl (C=O) groups is 2. The molecule has 0 saturated carbocycles. The van der Waals surface area contributed by atoms with Gasteiger partial charge in [-0.1, -0.05) is 18.2 Å². The van der Waals surface area contributed by atoms with Gasteiger partial charge in [-0.2, -0.15) is 0 Å². The lowest BCUT2D eigenvalue weighted by Crippen LogP contribution is -2.37. The van der Waals surface area contributed by atoms with E-state index in [-0.39, 0.29) is 18.4 Å². The Morgan fingerprint density at radius 1 is 1.15 bits per heavy atom. The topological polar surface area (TPSA) is 79.9 Å². The minimum Gasteiger partial charge on any atom is -0.482 e. The first-order valence-electron chi connectivity index (χ1n) is 8.96. The predicted octanol–water partition coefficient (Wildman–Crippen LogP) is 1.78. The molecule has 1 fully saturated rings. The molecule has 4 rings (SSSR count). The highest BCUT2D eigenvalue weighted by Crippen LogP contribution is 2.28. The highest BCUT2D eigenvalue weighted by atomic mass is 16.5. The van der Waals surface area contributed by atoms with Crippen LogP contribution in [0.15, 0.2) is 42.5 Å². The van der Waals surface area contributed by atoms with Gasteiger partial charge in [0.15, 0.2) is 6.61 Å². The van der Waals surface area contributed by atoms with Crippen LogP contribution in [0.2, 0.25) is 0 Å². The number of ether oxygens (including phenoxy) is 2. The van der Waals surface area contributed by atoms with E-state index in [0.29, 0.717) is 36.8 Å². The standard InChI is InChI=1S/C20H21N3O4/c24-19-13-27-18-11-14(5-6-16(18)22-19)20(25)21-12-15-3-1-2-4-17(15)23-7-9-26-10-8-23/h1-6,11H,7-10,12-13H2,(H,21,25)(H,22,24). The average molecular weight is 367 g/mol. The zero-order valence-electron chi connectivity index (χ0n) is 14.9. The maximum Gasteiger partial charge on any atom is 0.262 e. The van der Waals surface area contributed by atoms with Gasteiger partial charge >= 0.3 is 0 Å². The van der Waals surface area contributed by atoms with Gasteiger partial charge in [0.2, 0.25) is 0 Å². The van der Waals surface area contributed by atoms with Gasteiger partial charge in [0.05, 0.1) is 18.9 Å². The number of rotatable bonds is 4. The van der Waals surface area contributed by atoms with Crippen LogP contribution >= 0.6 is 0 Å². The molecule has 2 N–H and O–H groups in total. The third-order valence-electron chi connectivity index (χ3n) is 4.66. The molecular weight excluding hydrogens is 346 g/mol. The zero-order valence-corrected chi connectivity index (χ0v) is 14.9. The summed E-state index contributed by atoms with van der Waals surface area (Å²) >= 11 is 0. The average Bonchev–Trinajstić information content (AvgIpc) is 2.72. The van der Waals surface area contributed by atoms with Gasteiger partial charge in [0.25, 0.3) is 11.8 Å². The molecule has 1 saturated heterocycles. The predicted molar refractivity (Wildman–Crippen MR) is 101 cm³/mol. The number of anilines is 2. The molecule has 140 valence electrons. The minimum atomic E-state index is -0.195. The van der Waals surface area contributed by atoms with Crippen LogP contribution in [-0.4, -0.2) is 44.7 Å². The fourth-order valence-corrected chi connectivity index (χ4v) is 3.27. The van der Waals surface area contributed by atoms with E-state index in [1.54, 1.807) is 18.2 Å². The fourth-order valence-electron chi connectivity index (χ4n) is 3.27. The summed E-state index contributed by atoms with van der Waals surface area (Å²) in [4.78, 5) is 26.2. The summed E-state index contributed by atoms with van der Waals surface area (Å²) in [7, 11) is 0. The van der Waals surface area contributed by atoms with Gasteiger partial charge in [-0.05, 0) is 29.8 Å². The molecule has 0 bridgehead atoms. The van der Waals surface area contributed by atoms with Gasteiger partial charge in [0, 0.05) is 30.9 Å². The lowest BCUT2D eigenvalue weighted by atomic mass is 10.1. The largest absolute Gasteiger partial charge is 0.482 e. The molecule has 27 heavy (non-hydrogen) atoms. The first-order chi connectivity index (χ1) is 13.2. The normalized spacial score (nSPS) is 16.1. The number of hydrogen-bond acceptors (Lipinski definition) is 5. The number of hydrogen-bond donors (Lipinski definition) is 2. The molecule has 0 unspecified atom stereocenters. The van der Waals surface area contributed by atoms with Crippen LogP contribution in [0.4, 0.5) is 11.4 Å². The number of nitrogens with one attached hydrogen (secondary N) is 2. The minimum absolute atomic E-state index is 0.0367. The maximum atomic E-state index is 12.6. The van der Waals surface area contributed by atoms with Gasteiger partial charge in [0.1, 0.15) is 5.75 Å². The Morgan fingerprint density at radius 3 is 2.81 bits per heavy atom. The number of benzene rings is 2. The molecule has 7 nitrogen and oxygen atoms in total. The summed E-state index contributed by atoms with van der Waals surface area (Å²) in [5.41, 5.74) is 3.26. The Kier molecular flexibility index (Phi) is 4.93. The molecule has 7 heteroatoms. The third kappa shape index (κ3) is 3.88. The zero-order chi connectivity index (χ0) is 18.6. The van der Waals surface area contributed by atoms with Gasteiger partial charge in [-0.3, -0.25) is 9.59 Å². The summed E-state index contributed by atoms with van der Waals surface area (Å²) in [6.45, 7) is 3.52. The number of morpholine rings is 1. The van der Waals surface area contributed by atoms with E-state index in [0.717, 1.165) is 24.3 Å². The van der Waals surface area contributed by atoms with E-state index in [1.807, 2.05) is 18.2 Å². The van der Waals surface area contributed by atoms with E-state index in [2.05, 4.69) is 21.6 Å². The summed E-state index contributed by atoms with van der Waals surface area (Å²) in [6, 6.07) is 13.1. The molecule has 2 amide bonds. The van der Waals surface area contributed by atoms with E-state index >= 15 is 0 Å². The molecule has 2 aliphatic heterocycles. The summed E-state index contributed by atoms with van der Waals surface area (Å²) in [5.74, 6) is 0.130. The molecule has 2 aromatic rings. The molecule has 0 spiro atoms. The van der Waals surface area contributed by atoms with E-state index < -0.39 is 0 Å². The molecule has 0 aliphatic carbocycles. The lowest BCUT2D eigenvalue weighted by Gasteiger charge is -2.30. The number of fused-ring (bicyclic) bond motifs is 1. The highest BCUT2D eigenvalue weighted by molar-refractivity contribution is 5.99. The van der Waals surface area contributed by atoms with Crippen LogP contribution < -0.4 is 20.3 Å². The fraction of sp³-hybridized carbons (Fsp3) is 0.300. The van der Waals surface area contributed by atoms with Crippen LogP contribution in [-0.2, 0) is 16.1 Å². The number of para-hydroxylation sites is 1. The Bertz CT molecular complexity index is 862. The Morgan fingerprint density at radius 2 is 1.96 bits per heavy atom. The number of nitrogens with zero attached hydrogens (tertiary/aromatic N) is 1. The van der Waals surface area contributed by atoms with Gasteiger partial charge in [-0.15, -0.1) is 0 Å². The summed E-state index contributed by atoms with van der Waals surface area (Å²) < 4.78 is 10.8. The van der Waals surface area contributed by atoms with Crippen LogP contribution in [0.25, 0.3) is 0 Å². The van der Waals surface area contributed by atoms with E-state index in [9.17, 15) is 9.59 Å². The molecule has 0 aromatic heterocycles. The molecule has 0 radical (unpaired) electrons. The first kappa shape index (κ1) is 17.4. The van der Waals surface area contributed by atoms with E-state index in [4.69, 9.17) is 9.47 Å². The van der Waals surface area contributed by atoms with Gasteiger partial charge < -0.3 is 25.0 Å². The van der Waals surface area contributed by atoms with Crippen molar-refractivity contribution in [3.05, 3.63) is 53.6 Å². The van der Waals surface area contributed by atoms with Crippen LogP contribution in [0.5, 0.6) is 5.75 Å². The smallest absolute Gasteiger partial charge is 0.262 e. The molecule has 2 aromatic carbocycles. The van der Waals surface area contributed by atoms with Crippen molar-refractivity contribution in [2.24, 2.45) is 0 Å². The quantitative estimate of drug-likeness (QED) is 0.861. The summed E-state index contributed by atoms with van der Waals surface area (Å²) in [6.07, 6.45) is 0. The lowest BCUT2D eigenvalue weighted by molar-refractivity contribution is -0.118. The van der Waals surface area contributed by atoms with Crippen molar-refractivity contribution in [3.8, 4) is 5.75 Å². The molecule has 0 atom stereocenters. The monoisotopic (exact) mass is 367 g/mol. The van der Waals surface area contributed by atoms with Crippen LogP contribution in [0.1, 0.15) is 15.9 Å². The van der Waals surface area contributed by atoms with Crippen molar-refractivity contribution >= 4 is 23.2 Å². The second-order valence-corrected chi connectivity index (χ2v) is 6.46. The first-order valence-corrected chi connectivity index (χ1v) is 8.96. The van der Waals surface area contributed by atoms with Crippen molar-refractivity contribution in [2.75, 3.05) is 43.1 Å². The Hall–Kier alpha value is -3.06. The SMILES string of the molecule is O=C1COc2cc(C(=O)NCc3ccccc3N3CCOCC3)ccc2N1. The Labute approximate surface area is 157 Å². The molecular formula is C20H21N3O4. The van der Waals surface area contributed by atoms with Crippen molar-refractivity contribution in [3.63, 3.8) is 0 Å². The third-order valence-corrected chi connectivity index (χ3v) is 4.66. The van der Waals surface area contributed by atoms with Crippen molar-refractivity contribution < 1.29 is 19.1 Å². The van der Waals surface area contributed by atoms with Crippen molar-refractivity contribution in [2.45, 2.75) is 6.54 Å². The van der Waals surface area contributed by atoms with Crippen molar-refractivity contribution in [1.29, 1.82) is 0 Å². The number of carbonyl (C=O) groups excluding carboxylic acids is 2. The van der Waals surface area contributed by atoms with Crippen LogP contribution in [0.3, 0.4) is 0 Å². The van der Waals surface area contributed by atoms with Crippen molar-refractivity contribution in [1.82, 2.24) is 5.32 Å². The van der Waals surface area contributed by atoms with Crippen LogP contribution in [0, 0.1) is 0 Å². The second kappa shape index (κ2) is 7.67. The maximum absolute atomic E-state index is 12.6. The molecule has 2 aliphatic rings. The van der Waals surface area contributed by atoms with E-state index in [1.165, 1.54) is 0 Å². The molecule has 2 heterocycles. The Balaban J connectivity index is 1.45. The number of amides is 2.